The number of carbonyl (C=O) groups is 1. The minimum atomic E-state index is -0.317. The van der Waals surface area contributed by atoms with E-state index in [4.69, 9.17) is 0 Å². The largest absolute Gasteiger partial charge is 0.393 e. The second-order valence-corrected chi connectivity index (χ2v) is 5.86. The molecule has 0 radical (unpaired) electrons. The van der Waals surface area contributed by atoms with E-state index in [2.05, 4.69) is 4.98 Å². The third kappa shape index (κ3) is 2.78. The Morgan fingerprint density at radius 2 is 2.24 bits per heavy atom. The van der Waals surface area contributed by atoms with E-state index in [1.165, 1.54) is 12.1 Å². The van der Waals surface area contributed by atoms with Crippen LogP contribution in [-0.2, 0) is 0 Å². The van der Waals surface area contributed by atoms with Crippen LogP contribution in [0.1, 0.15) is 29.8 Å². The van der Waals surface area contributed by atoms with Gasteiger partial charge < -0.3 is 15.0 Å². The minimum Gasteiger partial charge on any atom is -0.393 e. The number of hydrogen-bond acceptors (Lipinski definition) is 2. The van der Waals surface area contributed by atoms with E-state index in [-0.39, 0.29) is 23.7 Å². The molecule has 0 aliphatic heterocycles. The van der Waals surface area contributed by atoms with Crippen molar-refractivity contribution >= 4 is 16.8 Å². The number of aromatic nitrogens is 1. The lowest BCUT2D eigenvalue weighted by Gasteiger charge is -2.22. The maximum Gasteiger partial charge on any atom is 0.270 e. The van der Waals surface area contributed by atoms with Crippen molar-refractivity contribution in [2.24, 2.45) is 5.92 Å². The maximum absolute atomic E-state index is 13.2. The number of H-pyrrole nitrogens is 1. The molecular formula is C16H19FN2O2. The van der Waals surface area contributed by atoms with Crippen molar-refractivity contribution in [3.05, 3.63) is 35.8 Å². The van der Waals surface area contributed by atoms with Crippen molar-refractivity contribution in [3.63, 3.8) is 0 Å². The average molecular weight is 290 g/mol. The first-order valence-corrected chi connectivity index (χ1v) is 7.26. The van der Waals surface area contributed by atoms with Crippen molar-refractivity contribution in [2.45, 2.75) is 25.4 Å². The second-order valence-electron chi connectivity index (χ2n) is 5.86. The third-order valence-corrected chi connectivity index (χ3v) is 4.29. The summed E-state index contributed by atoms with van der Waals surface area (Å²) in [5.41, 5.74) is 1.19. The van der Waals surface area contributed by atoms with Gasteiger partial charge in [-0.25, -0.2) is 4.39 Å². The van der Waals surface area contributed by atoms with Crippen molar-refractivity contribution in [2.75, 3.05) is 13.6 Å². The second kappa shape index (κ2) is 5.48. The Bertz CT molecular complexity index is 667. The molecule has 1 fully saturated rings. The molecule has 5 heteroatoms. The van der Waals surface area contributed by atoms with Crippen molar-refractivity contribution in [1.29, 1.82) is 0 Å². The zero-order chi connectivity index (χ0) is 15.0. The molecule has 0 bridgehead atoms. The molecule has 112 valence electrons. The quantitative estimate of drug-likeness (QED) is 0.912. The van der Waals surface area contributed by atoms with Gasteiger partial charge in [0.1, 0.15) is 11.5 Å². The summed E-state index contributed by atoms with van der Waals surface area (Å²) in [7, 11) is 1.74. The Kier molecular flexibility index (Phi) is 3.68. The number of aliphatic hydroxyl groups is 1. The number of aromatic amines is 1. The summed E-state index contributed by atoms with van der Waals surface area (Å²) in [5.74, 6) is -0.297. The molecule has 0 spiro atoms. The van der Waals surface area contributed by atoms with Crippen molar-refractivity contribution < 1.29 is 14.3 Å². The summed E-state index contributed by atoms with van der Waals surface area (Å²) in [6, 6.07) is 6.07. The van der Waals surface area contributed by atoms with Gasteiger partial charge in [-0.3, -0.25) is 4.79 Å². The number of nitrogens with zero attached hydrogens (tertiary/aromatic N) is 1. The highest BCUT2D eigenvalue weighted by atomic mass is 19.1. The van der Waals surface area contributed by atoms with Crippen molar-refractivity contribution in [1.82, 2.24) is 9.88 Å². The number of benzene rings is 1. The highest BCUT2D eigenvalue weighted by molar-refractivity contribution is 5.97. The predicted molar refractivity (Wildman–Crippen MR) is 78.6 cm³/mol. The van der Waals surface area contributed by atoms with E-state index in [1.807, 2.05) is 0 Å². The van der Waals surface area contributed by atoms with Crippen LogP contribution in [0.3, 0.4) is 0 Å². The number of fused-ring (bicyclic) bond motifs is 1. The molecule has 21 heavy (non-hydrogen) atoms. The normalized spacial score (nSPS) is 21.9. The van der Waals surface area contributed by atoms with Crippen LogP contribution in [0.2, 0.25) is 0 Å². The first kappa shape index (κ1) is 14.1. The van der Waals surface area contributed by atoms with Crippen LogP contribution in [0.15, 0.2) is 24.3 Å². The highest BCUT2D eigenvalue weighted by Gasteiger charge is 2.28. The number of amides is 1. The van der Waals surface area contributed by atoms with E-state index < -0.39 is 0 Å². The molecule has 2 atom stereocenters. The molecule has 2 aromatic rings. The molecule has 1 aromatic heterocycles. The fourth-order valence-corrected chi connectivity index (χ4v) is 3.09. The molecule has 1 saturated carbocycles. The zero-order valence-electron chi connectivity index (χ0n) is 12.0. The SMILES string of the molecule is CN(CC1CCCC1O)C(=O)c1cc2cc(F)ccc2[nH]1. The standard InChI is InChI=1S/C16H19FN2O2/c1-19(9-10-3-2-4-15(10)20)16(21)14-8-11-7-12(17)5-6-13(11)18-14/h5-8,10,15,18,20H,2-4,9H2,1H3. The van der Waals surface area contributed by atoms with Gasteiger partial charge in [-0.05, 0) is 37.1 Å². The van der Waals surface area contributed by atoms with Gasteiger partial charge >= 0.3 is 0 Å². The predicted octanol–water partition coefficient (Wildman–Crippen LogP) is 2.54. The molecule has 1 heterocycles. The Hall–Kier alpha value is -1.88. The Balaban J connectivity index is 1.76. The molecule has 3 rings (SSSR count). The van der Waals surface area contributed by atoms with Crippen LogP contribution in [0.25, 0.3) is 10.9 Å². The van der Waals surface area contributed by atoms with E-state index in [0.29, 0.717) is 17.6 Å². The molecule has 1 aliphatic rings. The number of aliphatic hydroxyl groups excluding tert-OH is 1. The summed E-state index contributed by atoms with van der Waals surface area (Å²) in [6.07, 6.45) is 2.48. The molecular weight excluding hydrogens is 271 g/mol. The summed E-state index contributed by atoms with van der Waals surface area (Å²) < 4.78 is 13.2. The summed E-state index contributed by atoms with van der Waals surface area (Å²) in [4.78, 5) is 17.1. The van der Waals surface area contributed by atoms with E-state index in [1.54, 1.807) is 24.1 Å². The van der Waals surface area contributed by atoms with Gasteiger partial charge in [0.2, 0.25) is 0 Å². The number of hydrogen-bond donors (Lipinski definition) is 2. The van der Waals surface area contributed by atoms with Crippen LogP contribution < -0.4 is 0 Å². The zero-order valence-corrected chi connectivity index (χ0v) is 12.0. The van der Waals surface area contributed by atoms with Gasteiger partial charge in [0.25, 0.3) is 5.91 Å². The van der Waals surface area contributed by atoms with Gasteiger partial charge in [-0.15, -0.1) is 0 Å². The molecule has 1 amide bonds. The van der Waals surface area contributed by atoms with Crippen LogP contribution in [-0.4, -0.2) is 40.6 Å². The molecule has 1 aliphatic carbocycles. The summed E-state index contributed by atoms with van der Waals surface area (Å²) >= 11 is 0. The Labute approximate surface area is 122 Å². The van der Waals surface area contributed by atoms with Crippen LogP contribution in [0, 0.1) is 11.7 Å². The van der Waals surface area contributed by atoms with E-state index in [0.717, 1.165) is 24.8 Å². The lowest BCUT2D eigenvalue weighted by Crippen LogP contribution is -2.34. The first-order valence-electron chi connectivity index (χ1n) is 7.26. The van der Waals surface area contributed by atoms with Gasteiger partial charge in [0.05, 0.1) is 6.10 Å². The number of rotatable bonds is 3. The van der Waals surface area contributed by atoms with E-state index >= 15 is 0 Å². The van der Waals surface area contributed by atoms with Crippen LogP contribution >= 0.6 is 0 Å². The lowest BCUT2D eigenvalue weighted by atomic mass is 10.1. The topological polar surface area (TPSA) is 56.3 Å². The van der Waals surface area contributed by atoms with Crippen molar-refractivity contribution in [3.8, 4) is 0 Å². The number of halogens is 1. The van der Waals surface area contributed by atoms with Crippen LogP contribution in [0.4, 0.5) is 4.39 Å². The fourth-order valence-electron chi connectivity index (χ4n) is 3.09. The molecule has 2 unspecified atom stereocenters. The smallest absolute Gasteiger partial charge is 0.270 e. The van der Waals surface area contributed by atoms with Crippen LogP contribution in [0.5, 0.6) is 0 Å². The number of nitrogens with one attached hydrogen (secondary N) is 1. The van der Waals surface area contributed by atoms with E-state index in [9.17, 15) is 14.3 Å². The van der Waals surface area contributed by atoms with Gasteiger partial charge in [0, 0.05) is 30.4 Å². The molecule has 4 nitrogen and oxygen atoms in total. The third-order valence-electron chi connectivity index (χ3n) is 4.29. The average Bonchev–Trinajstić information content (AvgIpc) is 3.04. The van der Waals surface area contributed by atoms with Gasteiger partial charge in [0.15, 0.2) is 0 Å². The fraction of sp³-hybridized carbons (Fsp3) is 0.438. The van der Waals surface area contributed by atoms with Gasteiger partial charge in [-0.2, -0.15) is 0 Å². The monoisotopic (exact) mass is 290 g/mol. The summed E-state index contributed by atoms with van der Waals surface area (Å²) in [5, 5.41) is 10.5. The highest BCUT2D eigenvalue weighted by Crippen LogP contribution is 2.26. The minimum absolute atomic E-state index is 0.134. The molecule has 2 N–H and O–H groups in total. The Morgan fingerprint density at radius 3 is 2.95 bits per heavy atom. The maximum atomic E-state index is 13.2. The lowest BCUT2D eigenvalue weighted by molar-refractivity contribution is 0.0689. The molecule has 0 saturated heterocycles. The summed E-state index contributed by atoms with van der Waals surface area (Å²) in [6.45, 7) is 0.545. The first-order chi connectivity index (χ1) is 10.0. The molecule has 1 aromatic carbocycles. The number of carbonyl (C=O) groups excluding carboxylic acids is 1. The Morgan fingerprint density at radius 1 is 1.43 bits per heavy atom. The van der Waals surface area contributed by atoms with Gasteiger partial charge in [-0.1, -0.05) is 6.42 Å².